The fourth-order valence-corrected chi connectivity index (χ4v) is 3.45. The molecule has 6 N–H and O–H groups in total. The summed E-state index contributed by atoms with van der Waals surface area (Å²) in [4.78, 5) is 11.4. The van der Waals surface area contributed by atoms with Crippen molar-refractivity contribution in [3.63, 3.8) is 0 Å². The monoisotopic (exact) mass is 365 g/mol. The van der Waals surface area contributed by atoms with Crippen LogP contribution in [0.25, 0.3) is 11.1 Å². The van der Waals surface area contributed by atoms with E-state index in [0.29, 0.717) is 5.69 Å². The van der Waals surface area contributed by atoms with Crippen molar-refractivity contribution < 1.29 is 23.5 Å². The number of nitrogens with two attached hydrogens (primary N) is 1. The van der Waals surface area contributed by atoms with Gasteiger partial charge in [0.15, 0.2) is 0 Å². The van der Waals surface area contributed by atoms with Crippen molar-refractivity contribution in [3.05, 3.63) is 48.5 Å². The van der Waals surface area contributed by atoms with Crippen LogP contribution >= 0.6 is 0 Å². The normalized spacial score (nSPS) is 13.9. The number of hydrogen-bond acceptors (Lipinski definition) is 6. The quantitative estimate of drug-likeness (QED) is 0.286. The number of nitrogen functional groups attached to an aromatic ring is 1. The highest BCUT2D eigenvalue weighted by Gasteiger charge is 2.29. The van der Waals surface area contributed by atoms with Crippen molar-refractivity contribution in [2.75, 3.05) is 5.73 Å². The smallest absolute Gasteiger partial charge is 0.264 e. The number of aliphatic hydroxyl groups is 1. The molecule has 0 fully saturated rings. The lowest BCUT2D eigenvalue weighted by molar-refractivity contribution is -0.133. The van der Waals surface area contributed by atoms with Crippen molar-refractivity contribution in [1.29, 1.82) is 0 Å². The molecule has 0 saturated carbocycles. The number of rotatable bonds is 6. The lowest BCUT2D eigenvalue weighted by atomic mass is 10.1. The summed E-state index contributed by atoms with van der Waals surface area (Å²) < 4.78 is 26.8. The van der Waals surface area contributed by atoms with Crippen molar-refractivity contribution in [2.45, 2.75) is 24.0 Å². The summed E-state index contributed by atoms with van der Waals surface area (Å²) in [6.07, 6.45) is -1.34. The molecule has 0 spiro atoms. The Morgan fingerprint density at radius 2 is 1.52 bits per heavy atom. The van der Waals surface area contributed by atoms with Crippen LogP contribution in [0, 0.1) is 0 Å². The second-order valence-corrected chi connectivity index (χ2v) is 7.18. The van der Waals surface area contributed by atoms with Crippen LogP contribution in [0.15, 0.2) is 53.4 Å². The van der Waals surface area contributed by atoms with E-state index in [0.717, 1.165) is 11.1 Å². The third kappa shape index (κ3) is 4.54. The Balaban J connectivity index is 2.25. The van der Waals surface area contributed by atoms with Crippen LogP contribution in [0.4, 0.5) is 5.69 Å². The highest BCUT2D eigenvalue weighted by atomic mass is 32.2. The van der Waals surface area contributed by atoms with Crippen molar-refractivity contribution in [1.82, 2.24) is 10.2 Å². The van der Waals surface area contributed by atoms with Crippen LogP contribution in [0.5, 0.6) is 0 Å². The molecule has 134 valence electrons. The maximum absolute atomic E-state index is 12.4. The predicted molar refractivity (Wildman–Crippen MR) is 92.0 cm³/mol. The summed E-state index contributed by atoms with van der Waals surface area (Å²) in [6, 6.07) is 11.6. The molecule has 8 nitrogen and oxygen atoms in total. The average molecular weight is 365 g/mol. The lowest BCUT2D eigenvalue weighted by Crippen LogP contribution is -2.51. The van der Waals surface area contributed by atoms with Gasteiger partial charge in [0, 0.05) is 5.69 Å². The van der Waals surface area contributed by atoms with Crippen LogP contribution in [0.1, 0.15) is 6.92 Å². The van der Waals surface area contributed by atoms with Gasteiger partial charge in [-0.05, 0) is 42.3 Å². The fraction of sp³-hybridized carbons (Fsp3) is 0.188. The van der Waals surface area contributed by atoms with Gasteiger partial charge < -0.3 is 10.8 Å². The third-order valence-electron chi connectivity index (χ3n) is 3.57. The first kappa shape index (κ1) is 18.9. The standard InChI is InChI=1S/C16H19N3O5S/c1-10(20)15(16(21)18-22)19-25(23,24)14-8-4-12(5-9-14)11-2-6-13(17)7-3-11/h2-10,15,19-20,22H,17H2,1H3,(H,18,21)/t10-,15+/m1/s1. The SMILES string of the molecule is C[C@@H](O)[C@H](NS(=O)(=O)c1ccc(-c2ccc(N)cc2)cc1)C(=O)NO. The minimum Gasteiger partial charge on any atom is -0.399 e. The van der Waals surface area contributed by atoms with E-state index in [2.05, 4.69) is 4.72 Å². The Morgan fingerprint density at radius 3 is 1.96 bits per heavy atom. The van der Waals surface area contributed by atoms with E-state index >= 15 is 0 Å². The number of aliphatic hydroxyl groups excluding tert-OH is 1. The molecule has 0 aliphatic rings. The minimum absolute atomic E-state index is 0.0805. The Kier molecular flexibility index (Phi) is 5.75. The summed E-state index contributed by atoms with van der Waals surface area (Å²) in [5, 5.41) is 18.2. The molecule has 0 heterocycles. The molecule has 25 heavy (non-hydrogen) atoms. The van der Waals surface area contributed by atoms with Crippen LogP contribution < -0.4 is 15.9 Å². The van der Waals surface area contributed by atoms with E-state index in [1.807, 2.05) is 12.1 Å². The first-order valence-corrected chi connectivity index (χ1v) is 8.83. The minimum atomic E-state index is -4.07. The number of nitrogens with one attached hydrogen (secondary N) is 2. The molecule has 2 atom stereocenters. The summed E-state index contributed by atoms with van der Waals surface area (Å²) in [5.41, 5.74) is 9.24. The number of carbonyl (C=O) groups excluding carboxylic acids is 1. The average Bonchev–Trinajstić information content (AvgIpc) is 2.59. The molecule has 0 saturated heterocycles. The largest absolute Gasteiger partial charge is 0.399 e. The first-order chi connectivity index (χ1) is 11.7. The molecule has 0 unspecified atom stereocenters. The van der Waals surface area contributed by atoms with Crippen LogP contribution in [-0.4, -0.2) is 36.8 Å². The summed E-state index contributed by atoms with van der Waals surface area (Å²) in [6.45, 7) is 1.23. The van der Waals surface area contributed by atoms with Gasteiger partial charge in [-0.1, -0.05) is 24.3 Å². The Labute approximate surface area is 145 Å². The molecule has 2 rings (SSSR count). The van der Waals surface area contributed by atoms with Gasteiger partial charge in [0.2, 0.25) is 10.0 Å². The molecule has 0 bridgehead atoms. The molecule has 1 amide bonds. The zero-order chi connectivity index (χ0) is 18.6. The number of benzene rings is 2. The van der Waals surface area contributed by atoms with Gasteiger partial charge in [0.25, 0.3) is 5.91 Å². The van der Waals surface area contributed by atoms with E-state index in [4.69, 9.17) is 10.9 Å². The summed E-state index contributed by atoms with van der Waals surface area (Å²) in [5.74, 6) is -1.06. The van der Waals surface area contributed by atoms with E-state index in [-0.39, 0.29) is 4.90 Å². The van der Waals surface area contributed by atoms with Gasteiger partial charge in [-0.2, -0.15) is 4.72 Å². The van der Waals surface area contributed by atoms with Gasteiger partial charge in [0.1, 0.15) is 6.04 Å². The van der Waals surface area contributed by atoms with Crippen molar-refractivity contribution >= 4 is 21.6 Å². The fourth-order valence-electron chi connectivity index (χ4n) is 2.18. The number of carbonyl (C=O) groups is 1. The molecular formula is C16H19N3O5S. The van der Waals surface area contributed by atoms with E-state index < -0.39 is 28.1 Å². The van der Waals surface area contributed by atoms with E-state index in [9.17, 15) is 18.3 Å². The second-order valence-electron chi connectivity index (χ2n) is 5.46. The highest BCUT2D eigenvalue weighted by molar-refractivity contribution is 7.89. The lowest BCUT2D eigenvalue weighted by Gasteiger charge is -2.19. The molecule has 0 aliphatic heterocycles. The predicted octanol–water partition coefficient (Wildman–Crippen LogP) is 0.469. The van der Waals surface area contributed by atoms with Gasteiger partial charge >= 0.3 is 0 Å². The molecule has 2 aromatic carbocycles. The van der Waals surface area contributed by atoms with Crippen LogP contribution in [0.3, 0.4) is 0 Å². The van der Waals surface area contributed by atoms with Gasteiger partial charge in [-0.25, -0.2) is 13.9 Å². The van der Waals surface area contributed by atoms with Crippen molar-refractivity contribution in [2.24, 2.45) is 0 Å². The number of sulfonamides is 1. The molecule has 2 aromatic rings. The Morgan fingerprint density at radius 1 is 1.04 bits per heavy atom. The van der Waals surface area contributed by atoms with Gasteiger partial charge in [-0.15, -0.1) is 0 Å². The summed E-state index contributed by atoms with van der Waals surface area (Å²) in [7, 11) is -4.07. The zero-order valence-corrected chi connectivity index (χ0v) is 14.2. The zero-order valence-electron chi connectivity index (χ0n) is 13.4. The van der Waals surface area contributed by atoms with Gasteiger partial charge in [-0.3, -0.25) is 10.0 Å². The third-order valence-corrected chi connectivity index (χ3v) is 5.02. The van der Waals surface area contributed by atoms with Crippen molar-refractivity contribution in [3.8, 4) is 11.1 Å². The Bertz CT molecular complexity index is 833. The molecule has 0 radical (unpaired) electrons. The highest BCUT2D eigenvalue weighted by Crippen LogP contribution is 2.22. The van der Waals surface area contributed by atoms with E-state index in [1.165, 1.54) is 24.5 Å². The number of hydrogen-bond donors (Lipinski definition) is 5. The maximum Gasteiger partial charge on any atom is 0.264 e. The molecular weight excluding hydrogens is 346 g/mol. The maximum atomic E-state index is 12.4. The molecule has 0 aliphatic carbocycles. The summed E-state index contributed by atoms with van der Waals surface area (Å²) >= 11 is 0. The topological polar surface area (TPSA) is 142 Å². The number of hydroxylamine groups is 1. The second kappa shape index (κ2) is 7.62. The van der Waals surface area contributed by atoms with Gasteiger partial charge in [0.05, 0.1) is 11.0 Å². The molecule has 9 heteroatoms. The number of amides is 1. The molecule has 0 aromatic heterocycles. The Hall–Kier alpha value is -2.46. The number of anilines is 1. The van der Waals surface area contributed by atoms with E-state index in [1.54, 1.807) is 24.3 Å². The first-order valence-electron chi connectivity index (χ1n) is 7.35. The van der Waals surface area contributed by atoms with Crippen LogP contribution in [0.2, 0.25) is 0 Å². The van der Waals surface area contributed by atoms with Crippen LogP contribution in [-0.2, 0) is 14.8 Å².